The van der Waals surface area contributed by atoms with Crippen molar-refractivity contribution in [3.05, 3.63) is 114 Å². The van der Waals surface area contributed by atoms with Gasteiger partial charge in [-0.2, -0.15) is 23.1 Å². The average molecular weight is 729 g/mol. The van der Waals surface area contributed by atoms with E-state index in [0.29, 0.717) is 14.3 Å². The maximum atomic E-state index is 13.8. The van der Waals surface area contributed by atoms with E-state index in [1.54, 1.807) is 36.4 Å². The van der Waals surface area contributed by atoms with Gasteiger partial charge in [0.25, 0.3) is 11.7 Å². The standard InChI is InChI=1S/C27H17BrCl3F3N8O2/c28-15-8-19(25(44)36-12-14-3-1-4-16(29)7-14)18(21(31)9-15)11-23(43)22-10-17(13-41-39-26(37-40-41)27(32,33)34)38-42(22)24-20(30)5-2-6-35-24/h1-10H,11-13H2,(H,36,44). The van der Waals surface area contributed by atoms with Gasteiger partial charge in [-0.3, -0.25) is 9.59 Å². The molecular formula is C27H17BrCl3F3N8O2. The number of rotatable bonds is 9. The molecule has 226 valence electrons. The lowest BCUT2D eigenvalue weighted by atomic mass is 10.00. The third-order valence-electron chi connectivity index (χ3n) is 6.08. The van der Waals surface area contributed by atoms with Crippen molar-refractivity contribution < 1.29 is 22.8 Å². The molecule has 0 radical (unpaired) electrons. The highest BCUT2D eigenvalue weighted by Gasteiger charge is 2.37. The summed E-state index contributed by atoms with van der Waals surface area (Å²) in [6, 6.07) is 14.5. The number of nitrogens with zero attached hydrogens (tertiary/aromatic N) is 7. The zero-order chi connectivity index (χ0) is 31.6. The number of carbonyl (C=O) groups excluding carboxylic acids is 2. The first kappa shape index (κ1) is 31.6. The number of hydrogen-bond donors (Lipinski definition) is 1. The molecule has 0 aliphatic rings. The number of benzene rings is 2. The van der Waals surface area contributed by atoms with Crippen LogP contribution in [0.2, 0.25) is 15.1 Å². The van der Waals surface area contributed by atoms with Gasteiger partial charge in [-0.05, 0) is 58.8 Å². The molecule has 0 bridgehead atoms. The quantitative estimate of drug-likeness (QED) is 0.175. The fraction of sp³-hybridized carbons (Fsp3) is 0.148. The summed E-state index contributed by atoms with van der Waals surface area (Å²) in [4.78, 5) is 32.0. The number of amides is 1. The molecule has 1 N–H and O–H groups in total. The molecule has 0 atom stereocenters. The molecule has 3 aromatic heterocycles. The van der Waals surface area contributed by atoms with Gasteiger partial charge >= 0.3 is 6.18 Å². The summed E-state index contributed by atoms with van der Waals surface area (Å²) >= 11 is 22.2. The maximum absolute atomic E-state index is 13.8. The minimum absolute atomic E-state index is 0.0268. The van der Waals surface area contributed by atoms with E-state index in [0.717, 1.165) is 10.2 Å². The Morgan fingerprint density at radius 2 is 1.77 bits per heavy atom. The summed E-state index contributed by atoms with van der Waals surface area (Å²) in [6.07, 6.45) is -3.71. The average Bonchev–Trinajstić information content (AvgIpc) is 3.61. The van der Waals surface area contributed by atoms with Crippen LogP contribution in [0.4, 0.5) is 13.2 Å². The molecule has 5 aromatic rings. The van der Waals surface area contributed by atoms with E-state index in [1.807, 2.05) is 0 Å². The fourth-order valence-corrected chi connectivity index (χ4v) is 5.42. The molecule has 17 heteroatoms. The lowest BCUT2D eigenvalue weighted by molar-refractivity contribution is -0.145. The highest BCUT2D eigenvalue weighted by Crippen LogP contribution is 2.29. The van der Waals surface area contributed by atoms with Crippen molar-refractivity contribution in [2.75, 3.05) is 0 Å². The van der Waals surface area contributed by atoms with Crippen molar-refractivity contribution >= 4 is 62.4 Å². The lowest BCUT2D eigenvalue weighted by Crippen LogP contribution is -2.25. The number of halogens is 7. The van der Waals surface area contributed by atoms with Crippen molar-refractivity contribution in [1.29, 1.82) is 0 Å². The van der Waals surface area contributed by atoms with Gasteiger partial charge in [-0.1, -0.05) is 62.9 Å². The highest BCUT2D eigenvalue weighted by atomic mass is 79.9. The fourth-order valence-electron chi connectivity index (χ4n) is 4.13. The van der Waals surface area contributed by atoms with E-state index in [2.05, 4.69) is 46.7 Å². The zero-order valence-corrected chi connectivity index (χ0v) is 25.8. The van der Waals surface area contributed by atoms with Crippen LogP contribution in [0.25, 0.3) is 5.82 Å². The third-order valence-corrected chi connectivity index (χ3v) is 7.40. The summed E-state index contributed by atoms with van der Waals surface area (Å²) in [5.74, 6) is -2.36. The van der Waals surface area contributed by atoms with Crippen LogP contribution in [0.5, 0.6) is 0 Å². The summed E-state index contributed by atoms with van der Waals surface area (Å²) in [5, 5.41) is 17.7. The number of carbonyl (C=O) groups is 2. The van der Waals surface area contributed by atoms with Crippen molar-refractivity contribution in [3.63, 3.8) is 0 Å². The van der Waals surface area contributed by atoms with Crippen LogP contribution in [-0.2, 0) is 25.7 Å². The molecule has 0 saturated carbocycles. The van der Waals surface area contributed by atoms with Gasteiger partial charge in [0.05, 0.1) is 10.7 Å². The van der Waals surface area contributed by atoms with Crippen LogP contribution >= 0.6 is 50.7 Å². The largest absolute Gasteiger partial charge is 0.455 e. The molecule has 2 aromatic carbocycles. The Morgan fingerprint density at radius 3 is 2.48 bits per heavy atom. The number of aromatic nitrogens is 7. The van der Waals surface area contributed by atoms with Gasteiger partial charge in [0.2, 0.25) is 0 Å². The Hall–Kier alpha value is -3.85. The minimum Gasteiger partial charge on any atom is -0.348 e. The zero-order valence-electron chi connectivity index (χ0n) is 22.0. The molecule has 0 unspecified atom stereocenters. The summed E-state index contributed by atoms with van der Waals surface area (Å²) < 4.78 is 40.6. The first-order valence-electron chi connectivity index (χ1n) is 12.5. The van der Waals surface area contributed by atoms with E-state index in [-0.39, 0.29) is 57.9 Å². The SMILES string of the molecule is O=C(NCc1cccc(Cl)c1)c1cc(Br)cc(Cl)c1CC(=O)c1cc(Cn2nnc(C(F)(F)F)n2)nn1-c1ncccc1Cl. The van der Waals surface area contributed by atoms with Crippen LogP contribution in [0, 0.1) is 0 Å². The van der Waals surface area contributed by atoms with Crippen LogP contribution in [0.3, 0.4) is 0 Å². The monoisotopic (exact) mass is 726 g/mol. The molecule has 44 heavy (non-hydrogen) atoms. The molecule has 0 aliphatic carbocycles. The topological polar surface area (TPSA) is 120 Å². The second-order valence-corrected chi connectivity index (χ2v) is 11.4. The third kappa shape index (κ3) is 7.26. The van der Waals surface area contributed by atoms with Gasteiger partial charge in [-0.25, -0.2) is 9.67 Å². The van der Waals surface area contributed by atoms with E-state index >= 15 is 0 Å². The van der Waals surface area contributed by atoms with Crippen LogP contribution in [-0.4, -0.2) is 46.7 Å². The molecule has 10 nitrogen and oxygen atoms in total. The molecule has 1 amide bonds. The van der Waals surface area contributed by atoms with E-state index in [4.69, 9.17) is 34.8 Å². The molecule has 5 rings (SSSR count). The molecule has 0 saturated heterocycles. The highest BCUT2D eigenvalue weighted by molar-refractivity contribution is 9.10. The van der Waals surface area contributed by atoms with E-state index in [1.165, 1.54) is 24.4 Å². The van der Waals surface area contributed by atoms with Crippen LogP contribution in [0.15, 0.2) is 65.3 Å². The van der Waals surface area contributed by atoms with Gasteiger partial charge in [-0.15, -0.1) is 10.2 Å². The van der Waals surface area contributed by atoms with Crippen LogP contribution in [0.1, 0.15) is 43.5 Å². The van der Waals surface area contributed by atoms with Crippen molar-refractivity contribution in [1.82, 2.24) is 40.3 Å². The number of pyridine rings is 1. The molecule has 0 fully saturated rings. The number of alkyl halides is 3. The molecule has 3 heterocycles. The minimum atomic E-state index is -4.79. The number of Topliss-reactive ketones (excluding diaryl/α,β-unsaturated/α-hetero) is 1. The second-order valence-electron chi connectivity index (χ2n) is 9.21. The number of tetrazole rings is 1. The lowest BCUT2D eigenvalue weighted by Gasteiger charge is -2.13. The number of hydrogen-bond acceptors (Lipinski definition) is 7. The first-order valence-corrected chi connectivity index (χ1v) is 14.4. The second kappa shape index (κ2) is 13.0. The molecule has 0 spiro atoms. The van der Waals surface area contributed by atoms with Crippen LogP contribution < -0.4 is 5.32 Å². The number of nitrogens with one attached hydrogen (secondary N) is 1. The Balaban J connectivity index is 1.47. The predicted octanol–water partition coefficient (Wildman–Crippen LogP) is 6.40. The first-order chi connectivity index (χ1) is 20.9. The van der Waals surface area contributed by atoms with Crippen molar-refractivity contribution in [2.45, 2.75) is 25.7 Å². The Bertz CT molecular complexity index is 1880. The molecule has 0 aliphatic heterocycles. The molecular weight excluding hydrogens is 712 g/mol. The van der Waals surface area contributed by atoms with Crippen molar-refractivity contribution in [3.8, 4) is 5.82 Å². The Labute approximate surface area is 270 Å². The van der Waals surface area contributed by atoms with Gasteiger partial charge in [0, 0.05) is 39.2 Å². The summed E-state index contributed by atoms with van der Waals surface area (Å²) in [7, 11) is 0. The van der Waals surface area contributed by atoms with Gasteiger partial charge < -0.3 is 5.32 Å². The number of ketones is 1. The normalized spacial score (nSPS) is 11.5. The van der Waals surface area contributed by atoms with Gasteiger partial charge in [0.15, 0.2) is 11.6 Å². The Kier molecular flexibility index (Phi) is 9.34. The Morgan fingerprint density at radius 1 is 0.977 bits per heavy atom. The summed E-state index contributed by atoms with van der Waals surface area (Å²) in [5.41, 5.74) is 1.23. The van der Waals surface area contributed by atoms with Crippen molar-refractivity contribution in [2.24, 2.45) is 0 Å². The maximum Gasteiger partial charge on any atom is 0.455 e. The van der Waals surface area contributed by atoms with E-state index in [9.17, 15) is 22.8 Å². The van der Waals surface area contributed by atoms with Gasteiger partial charge in [0.1, 0.15) is 12.2 Å². The predicted molar refractivity (Wildman–Crippen MR) is 158 cm³/mol. The smallest absolute Gasteiger partial charge is 0.348 e. The van der Waals surface area contributed by atoms with E-state index < -0.39 is 23.7 Å². The summed E-state index contributed by atoms with van der Waals surface area (Å²) in [6.45, 7) is -0.186.